The number of rotatable bonds is 4. The van der Waals surface area contributed by atoms with Gasteiger partial charge in [0.1, 0.15) is 5.75 Å². The van der Waals surface area contributed by atoms with E-state index in [0.717, 1.165) is 37.1 Å². The number of amides is 1. The first kappa shape index (κ1) is 14.9. The molecule has 0 spiro atoms. The lowest BCUT2D eigenvalue weighted by molar-refractivity contribution is -0.123. The lowest BCUT2D eigenvalue weighted by Crippen LogP contribution is -2.44. The maximum Gasteiger partial charge on any atom is 0.237 e. The zero-order chi connectivity index (χ0) is 14.4. The molecule has 0 saturated carbocycles. The van der Waals surface area contributed by atoms with Gasteiger partial charge in [-0.3, -0.25) is 4.79 Å². The van der Waals surface area contributed by atoms with Crippen LogP contribution in [-0.2, 0) is 4.79 Å². The molecular formula is C16H24N2O2. The third-order valence-corrected chi connectivity index (χ3v) is 3.83. The molecule has 1 aliphatic heterocycles. The summed E-state index contributed by atoms with van der Waals surface area (Å²) < 4.78 is 5.22. The first-order chi connectivity index (χ1) is 9.70. The smallest absolute Gasteiger partial charge is 0.237 e. The first-order valence-corrected chi connectivity index (χ1v) is 7.38. The molecule has 1 saturated heterocycles. The fourth-order valence-corrected chi connectivity index (χ4v) is 2.56. The molecule has 1 heterocycles. The summed E-state index contributed by atoms with van der Waals surface area (Å²) in [6.07, 6.45) is 4.42. The van der Waals surface area contributed by atoms with Gasteiger partial charge in [0.15, 0.2) is 0 Å². The van der Waals surface area contributed by atoms with Crippen LogP contribution in [0.5, 0.6) is 5.75 Å². The van der Waals surface area contributed by atoms with Gasteiger partial charge < -0.3 is 15.4 Å². The number of hydrogen-bond acceptors (Lipinski definition) is 3. The van der Waals surface area contributed by atoms with Crippen molar-refractivity contribution in [3.05, 3.63) is 29.8 Å². The van der Waals surface area contributed by atoms with Crippen molar-refractivity contribution in [2.24, 2.45) is 0 Å². The molecule has 0 radical (unpaired) electrons. The van der Waals surface area contributed by atoms with Crippen molar-refractivity contribution in [2.75, 3.05) is 13.7 Å². The van der Waals surface area contributed by atoms with Gasteiger partial charge in [-0.25, -0.2) is 0 Å². The van der Waals surface area contributed by atoms with E-state index in [2.05, 4.69) is 10.6 Å². The number of nitrogens with one attached hydrogen (secondary N) is 2. The van der Waals surface area contributed by atoms with Crippen molar-refractivity contribution >= 4 is 5.91 Å². The fourth-order valence-electron chi connectivity index (χ4n) is 2.56. The Morgan fingerprint density at radius 2 is 2.25 bits per heavy atom. The second-order valence-corrected chi connectivity index (χ2v) is 5.36. The van der Waals surface area contributed by atoms with Crippen LogP contribution in [0.3, 0.4) is 0 Å². The quantitative estimate of drug-likeness (QED) is 0.888. The van der Waals surface area contributed by atoms with Crippen LogP contribution in [0.15, 0.2) is 24.3 Å². The number of carbonyl (C=O) groups is 1. The number of carbonyl (C=O) groups excluding carboxylic acids is 1. The molecule has 20 heavy (non-hydrogen) atoms. The fraction of sp³-hybridized carbons (Fsp3) is 0.562. The largest absolute Gasteiger partial charge is 0.497 e. The number of ether oxygens (including phenoxy) is 1. The Balaban J connectivity index is 1.95. The molecule has 2 atom stereocenters. The van der Waals surface area contributed by atoms with Crippen molar-refractivity contribution in [3.8, 4) is 5.75 Å². The Kier molecular flexibility index (Phi) is 5.41. The Labute approximate surface area is 120 Å². The molecular weight excluding hydrogens is 252 g/mol. The summed E-state index contributed by atoms with van der Waals surface area (Å²) in [7, 11) is 1.65. The molecule has 4 nitrogen and oxygen atoms in total. The van der Waals surface area contributed by atoms with Crippen LogP contribution in [0.4, 0.5) is 0 Å². The first-order valence-electron chi connectivity index (χ1n) is 7.38. The second kappa shape index (κ2) is 7.29. The van der Waals surface area contributed by atoms with Gasteiger partial charge in [-0.1, -0.05) is 25.0 Å². The SMILES string of the molecule is COc1cccc([C@H](C)NC(=O)C2CCCCCN2)c1. The molecule has 0 aliphatic carbocycles. The topological polar surface area (TPSA) is 50.4 Å². The minimum absolute atomic E-state index is 0.0114. The summed E-state index contributed by atoms with van der Waals surface area (Å²) in [5.41, 5.74) is 1.06. The summed E-state index contributed by atoms with van der Waals surface area (Å²) in [6.45, 7) is 2.94. The summed E-state index contributed by atoms with van der Waals surface area (Å²) in [4.78, 5) is 12.3. The summed E-state index contributed by atoms with van der Waals surface area (Å²) >= 11 is 0. The van der Waals surface area contributed by atoms with E-state index in [1.165, 1.54) is 6.42 Å². The van der Waals surface area contributed by atoms with Gasteiger partial charge in [0.2, 0.25) is 5.91 Å². The van der Waals surface area contributed by atoms with Crippen molar-refractivity contribution in [1.29, 1.82) is 0 Å². The van der Waals surface area contributed by atoms with Crippen molar-refractivity contribution in [3.63, 3.8) is 0 Å². The standard InChI is InChI=1S/C16H24N2O2/c1-12(13-7-6-8-14(11-13)20-2)18-16(19)15-9-4-3-5-10-17-15/h6-8,11-12,15,17H,3-5,9-10H2,1-2H3,(H,18,19)/t12-,15?/m0/s1. The highest BCUT2D eigenvalue weighted by Gasteiger charge is 2.21. The average Bonchev–Trinajstić information content (AvgIpc) is 2.76. The van der Waals surface area contributed by atoms with Crippen molar-refractivity contribution < 1.29 is 9.53 Å². The lowest BCUT2D eigenvalue weighted by Gasteiger charge is -2.20. The number of methoxy groups -OCH3 is 1. The van der Waals surface area contributed by atoms with Crippen LogP contribution in [0.2, 0.25) is 0 Å². The van der Waals surface area contributed by atoms with Gasteiger partial charge in [-0.05, 0) is 44.0 Å². The van der Waals surface area contributed by atoms with Gasteiger partial charge in [0.05, 0.1) is 19.2 Å². The zero-order valence-electron chi connectivity index (χ0n) is 12.3. The van der Waals surface area contributed by atoms with Gasteiger partial charge in [-0.15, -0.1) is 0 Å². The Morgan fingerprint density at radius 1 is 1.40 bits per heavy atom. The minimum atomic E-state index is -0.0504. The molecule has 1 aromatic carbocycles. The highest BCUT2D eigenvalue weighted by molar-refractivity contribution is 5.82. The van der Waals surface area contributed by atoms with Gasteiger partial charge >= 0.3 is 0 Å². The zero-order valence-corrected chi connectivity index (χ0v) is 12.3. The van der Waals surface area contributed by atoms with E-state index in [0.29, 0.717) is 0 Å². The van der Waals surface area contributed by atoms with Crippen LogP contribution in [0.1, 0.15) is 44.2 Å². The van der Waals surface area contributed by atoms with Crippen LogP contribution in [-0.4, -0.2) is 25.6 Å². The maximum atomic E-state index is 12.3. The monoisotopic (exact) mass is 276 g/mol. The Morgan fingerprint density at radius 3 is 3.05 bits per heavy atom. The predicted octanol–water partition coefficient (Wildman–Crippen LogP) is 2.40. The Bertz CT molecular complexity index is 440. The van der Waals surface area contributed by atoms with Crippen LogP contribution < -0.4 is 15.4 Å². The van der Waals surface area contributed by atoms with E-state index in [4.69, 9.17) is 4.74 Å². The van der Waals surface area contributed by atoms with Crippen LogP contribution in [0.25, 0.3) is 0 Å². The minimum Gasteiger partial charge on any atom is -0.497 e. The van der Waals surface area contributed by atoms with Gasteiger partial charge in [0, 0.05) is 0 Å². The Hall–Kier alpha value is -1.55. The highest BCUT2D eigenvalue weighted by Crippen LogP contribution is 2.19. The highest BCUT2D eigenvalue weighted by atomic mass is 16.5. The molecule has 110 valence electrons. The normalized spacial score (nSPS) is 20.8. The van der Waals surface area contributed by atoms with Gasteiger partial charge in [0.25, 0.3) is 0 Å². The average molecular weight is 276 g/mol. The van der Waals surface area contributed by atoms with E-state index < -0.39 is 0 Å². The predicted molar refractivity (Wildman–Crippen MR) is 79.8 cm³/mol. The summed E-state index contributed by atoms with van der Waals surface area (Å²) in [5, 5.41) is 6.41. The molecule has 1 amide bonds. The summed E-state index contributed by atoms with van der Waals surface area (Å²) in [6, 6.07) is 7.76. The number of benzene rings is 1. The molecule has 2 rings (SSSR count). The third kappa shape index (κ3) is 3.97. The number of hydrogen-bond donors (Lipinski definition) is 2. The van der Waals surface area contributed by atoms with E-state index in [9.17, 15) is 4.79 Å². The lowest BCUT2D eigenvalue weighted by atomic mass is 10.1. The maximum absolute atomic E-state index is 12.3. The van der Waals surface area contributed by atoms with E-state index in [1.54, 1.807) is 7.11 Å². The molecule has 1 aliphatic rings. The molecule has 1 fully saturated rings. The van der Waals surface area contributed by atoms with Crippen molar-refractivity contribution in [2.45, 2.75) is 44.7 Å². The van der Waals surface area contributed by atoms with E-state index in [-0.39, 0.29) is 18.0 Å². The van der Waals surface area contributed by atoms with Crippen LogP contribution >= 0.6 is 0 Å². The van der Waals surface area contributed by atoms with Crippen LogP contribution in [0, 0.1) is 0 Å². The third-order valence-electron chi connectivity index (χ3n) is 3.83. The molecule has 0 aromatic heterocycles. The molecule has 1 unspecified atom stereocenters. The molecule has 2 N–H and O–H groups in total. The van der Waals surface area contributed by atoms with E-state index >= 15 is 0 Å². The van der Waals surface area contributed by atoms with E-state index in [1.807, 2.05) is 31.2 Å². The molecule has 1 aromatic rings. The van der Waals surface area contributed by atoms with Crippen molar-refractivity contribution in [1.82, 2.24) is 10.6 Å². The summed E-state index contributed by atoms with van der Waals surface area (Å²) in [5.74, 6) is 0.915. The molecule has 0 bridgehead atoms. The molecule has 4 heteroatoms. The second-order valence-electron chi connectivity index (χ2n) is 5.36. The van der Waals surface area contributed by atoms with Gasteiger partial charge in [-0.2, -0.15) is 0 Å².